The molecule has 3 aliphatic carbocycles. The van der Waals surface area contributed by atoms with Crippen LogP contribution in [0.3, 0.4) is 0 Å². The maximum atomic E-state index is 12.3. The molecule has 4 nitrogen and oxygen atoms in total. The van der Waals surface area contributed by atoms with Gasteiger partial charge >= 0.3 is 0 Å². The number of likely N-dealkylation sites (tertiary alicyclic amines) is 1. The Labute approximate surface area is 198 Å². The van der Waals surface area contributed by atoms with Gasteiger partial charge in [0.25, 0.3) is 6.43 Å². The number of nitrogens with zero attached hydrogens (tertiary/aromatic N) is 1. The van der Waals surface area contributed by atoms with Crippen LogP contribution in [0.1, 0.15) is 71.6 Å². The van der Waals surface area contributed by atoms with Crippen LogP contribution in [0.5, 0.6) is 0 Å². The Morgan fingerprint density at radius 3 is 2.58 bits per heavy atom. The maximum Gasteiger partial charge on any atom is 0.261 e. The van der Waals surface area contributed by atoms with E-state index in [0.717, 1.165) is 32.0 Å². The van der Waals surface area contributed by atoms with Crippen LogP contribution in [0.2, 0.25) is 0 Å². The molecule has 0 unspecified atom stereocenters. The van der Waals surface area contributed by atoms with E-state index < -0.39 is 25.2 Å². The summed E-state index contributed by atoms with van der Waals surface area (Å²) in [5.74, 6) is 2.02. The van der Waals surface area contributed by atoms with Crippen molar-refractivity contribution in [2.24, 2.45) is 23.2 Å². The molecule has 1 aliphatic heterocycles. The van der Waals surface area contributed by atoms with Crippen LogP contribution < -0.4 is 0 Å². The first kappa shape index (κ1) is 25.3. The van der Waals surface area contributed by atoms with Crippen molar-refractivity contribution in [2.75, 3.05) is 26.2 Å². The van der Waals surface area contributed by atoms with Crippen molar-refractivity contribution in [3.63, 3.8) is 0 Å². The minimum absolute atomic E-state index is 0.0192. The van der Waals surface area contributed by atoms with Gasteiger partial charge in [-0.15, -0.1) is 0 Å². The molecule has 33 heavy (non-hydrogen) atoms. The van der Waals surface area contributed by atoms with Crippen LogP contribution in [0.4, 0.5) is 8.78 Å². The summed E-state index contributed by atoms with van der Waals surface area (Å²) in [6.07, 6.45) is 10.6. The molecule has 4 fully saturated rings. The molecule has 4 aliphatic rings. The number of hydrogen-bond acceptors (Lipinski definition) is 4. The average molecular weight is 468 g/mol. The summed E-state index contributed by atoms with van der Waals surface area (Å²) in [6.45, 7) is 7.09. The van der Waals surface area contributed by atoms with Crippen molar-refractivity contribution >= 4 is 0 Å². The Morgan fingerprint density at radius 2 is 1.88 bits per heavy atom. The highest BCUT2D eigenvalue weighted by Crippen LogP contribution is 2.59. The lowest BCUT2D eigenvalue weighted by molar-refractivity contribution is -0.0895. The highest BCUT2D eigenvalue weighted by atomic mass is 19.3. The zero-order chi connectivity index (χ0) is 23.6. The van der Waals surface area contributed by atoms with E-state index in [2.05, 4.69) is 30.9 Å². The second-order valence-corrected chi connectivity index (χ2v) is 11.5. The zero-order valence-corrected chi connectivity index (χ0v) is 20.4. The second-order valence-electron chi connectivity index (χ2n) is 11.5. The number of hydrogen-bond donors (Lipinski definition) is 2. The molecule has 0 radical (unpaired) electrons. The van der Waals surface area contributed by atoms with Gasteiger partial charge in [-0.05, 0) is 87.5 Å². The lowest BCUT2D eigenvalue weighted by Gasteiger charge is -2.45. The van der Waals surface area contributed by atoms with Crippen LogP contribution >= 0.6 is 0 Å². The number of ether oxygens (including phenoxy) is 1. The van der Waals surface area contributed by atoms with E-state index in [1.165, 1.54) is 37.7 Å². The quantitative estimate of drug-likeness (QED) is 0.530. The van der Waals surface area contributed by atoms with Crippen LogP contribution in [-0.4, -0.2) is 66.1 Å². The monoisotopic (exact) mass is 467 g/mol. The normalized spacial score (nSPS) is 37.9. The lowest BCUT2D eigenvalue weighted by atomic mass is 9.61. The van der Waals surface area contributed by atoms with Gasteiger partial charge in [-0.2, -0.15) is 0 Å². The predicted molar refractivity (Wildman–Crippen MR) is 126 cm³/mol. The number of aliphatic hydroxyl groups is 2. The van der Waals surface area contributed by atoms with Crippen LogP contribution in [-0.2, 0) is 4.74 Å². The molecule has 188 valence electrons. The van der Waals surface area contributed by atoms with E-state index in [1.54, 1.807) is 5.57 Å². The molecule has 0 aromatic rings. The van der Waals surface area contributed by atoms with Crippen molar-refractivity contribution in [3.8, 4) is 0 Å². The molecule has 6 heteroatoms. The molecule has 0 amide bonds. The molecule has 1 heterocycles. The fraction of sp³-hybridized carbons (Fsp3) is 0.852. The third-order valence-electron chi connectivity index (χ3n) is 9.08. The van der Waals surface area contributed by atoms with Gasteiger partial charge in [0.15, 0.2) is 0 Å². The first-order valence-electron chi connectivity index (χ1n) is 13.1. The van der Waals surface area contributed by atoms with E-state index in [0.29, 0.717) is 36.5 Å². The standard InChI is InChI=1S/C27H43F2NO3/c1-18(9-11-30-15-23(16-30)33-17-26(28)29)24-7-8-25-20(4-3-10-27(24,25)2)6-5-19-12-21(31)14-22(32)13-19/h5-6,18,21-26,31-32H,3-4,7-17H2,1-2H3/b20-6+/t18-,21-,22-,24-,25+,27-/m1/s1. The Hall–Kier alpha value is -0.820. The van der Waals surface area contributed by atoms with Gasteiger partial charge in [0.1, 0.15) is 6.61 Å². The largest absolute Gasteiger partial charge is 0.393 e. The second kappa shape index (κ2) is 10.8. The first-order chi connectivity index (χ1) is 15.7. The molecule has 0 spiro atoms. The molecule has 0 bridgehead atoms. The van der Waals surface area contributed by atoms with Gasteiger partial charge in [0, 0.05) is 13.1 Å². The molecule has 4 rings (SSSR count). The molecular formula is C27H43F2NO3. The van der Waals surface area contributed by atoms with Gasteiger partial charge < -0.3 is 14.9 Å². The summed E-state index contributed by atoms with van der Waals surface area (Å²) in [5.41, 5.74) is 3.10. The molecule has 1 saturated heterocycles. The van der Waals surface area contributed by atoms with Gasteiger partial charge in [-0.25, -0.2) is 8.78 Å². The minimum Gasteiger partial charge on any atom is -0.393 e. The van der Waals surface area contributed by atoms with Crippen molar-refractivity contribution in [2.45, 2.75) is 96.4 Å². The fourth-order valence-electron chi connectivity index (χ4n) is 7.35. The smallest absolute Gasteiger partial charge is 0.261 e. The maximum absolute atomic E-state index is 12.3. The summed E-state index contributed by atoms with van der Waals surface area (Å²) in [4.78, 5) is 2.34. The summed E-state index contributed by atoms with van der Waals surface area (Å²) in [7, 11) is 0. The lowest BCUT2D eigenvalue weighted by Crippen LogP contribution is -2.53. The highest BCUT2D eigenvalue weighted by Gasteiger charge is 2.50. The topological polar surface area (TPSA) is 52.9 Å². The zero-order valence-electron chi connectivity index (χ0n) is 20.4. The minimum atomic E-state index is -2.37. The third kappa shape index (κ3) is 6.06. The van der Waals surface area contributed by atoms with Crippen molar-refractivity contribution in [1.82, 2.24) is 4.90 Å². The van der Waals surface area contributed by atoms with Crippen molar-refractivity contribution in [1.29, 1.82) is 0 Å². The summed E-state index contributed by atoms with van der Waals surface area (Å²) < 4.78 is 29.8. The van der Waals surface area contributed by atoms with Crippen molar-refractivity contribution in [3.05, 3.63) is 23.3 Å². The summed E-state index contributed by atoms with van der Waals surface area (Å²) in [6, 6.07) is 0. The number of allylic oxidation sites excluding steroid dienone is 3. The molecule has 6 atom stereocenters. The SMILES string of the molecule is C[C@H](CCN1CC(OCC(F)F)C1)[C@H]1CC[C@H]2/C(=C/C=C3C[C@@H](O)C[C@H](O)C3)CCC[C@]12C. The predicted octanol–water partition coefficient (Wildman–Crippen LogP) is 4.95. The fourth-order valence-corrected chi connectivity index (χ4v) is 7.35. The molecule has 0 aromatic heterocycles. The van der Waals surface area contributed by atoms with Crippen LogP contribution in [0.25, 0.3) is 0 Å². The van der Waals surface area contributed by atoms with Crippen LogP contribution in [0, 0.1) is 23.2 Å². The number of alkyl halides is 2. The van der Waals surface area contributed by atoms with E-state index in [-0.39, 0.29) is 6.10 Å². The van der Waals surface area contributed by atoms with Crippen LogP contribution in [0.15, 0.2) is 23.3 Å². The third-order valence-corrected chi connectivity index (χ3v) is 9.08. The average Bonchev–Trinajstić information content (AvgIpc) is 3.07. The molecule has 0 aromatic carbocycles. The van der Waals surface area contributed by atoms with Gasteiger partial charge in [-0.1, -0.05) is 37.1 Å². The summed E-state index contributed by atoms with van der Waals surface area (Å²) >= 11 is 0. The van der Waals surface area contributed by atoms with E-state index >= 15 is 0 Å². The Balaban J connectivity index is 1.30. The molecular weight excluding hydrogens is 424 g/mol. The van der Waals surface area contributed by atoms with Gasteiger partial charge in [0.05, 0.1) is 18.3 Å². The Morgan fingerprint density at radius 1 is 1.15 bits per heavy atom. The summed E-state index contributed by atoms with van der Waals surface area (Å²) in [5, 5.41) is 20.0. The first-order valence-corrected chi connectivity index (χ1v) is 13.1. The number of halogens is 2. The van der Waals surface area contributed by atoms with E-state index in [4.69, 9.17) is 4.74 Å². The number of fused-ring (bicyclic) bond motifs is 1. The number of rotatable bonds is 8. The van der Waals surface area contributed by atoms with Gasteiger partial charge in [0.2, 0.25) is 0 Å². The van der Waals surface area contributed by atoms with Gasteiger partial charge in [-0.3, -0.25) is 4.90 Å². The van der Waals surface area contributed by atoms with Crippen molar-refractivity contribution < 1.29 is 23.7 Å². The van der Waals surface area contributed by atoms with E-state index in [1.807, 2.05) is 0 Å². The highest BCUT2D eigenvalue weighted by molar-refractivity contribution is 5.26. The Bertz CT molecular complexity index is 708. The molecule has 3 saturated carbocycles. The molecule has 2 N–H and O–H groups in total. The van der Waals surface area contributed by atoms with E-state index in [9.17, 15) is 19.0 Å². The number of aliphatic hydroxyl groups excluding tert-OH is 2. The Kier molecular flexibility index (Phi) is 8.31.